The first-order valence-electron chi connectivity index (χ1n) is 11.3. The largest absolute Gasteiger partial charge is 0.368 e. The Morgan fingerprint density at radius 1 is 0.818 bits per heavy atom. The van der Waals surface area contributed by atoms with E-state index in [1.165, 1.54) is 17.7 Å². The predicted octanol–water partition coefficient (Wildman–Crippen LogP) is 4.53. The zero-order valence-electron chi connectivity index (χ0n) is 18.8. The van der Waals surface area contributed by atoms with E-state index in [0.29, 0.717) is 18.7 Å². The first-order chi connectivity index (χ1) is 16.0. The maximum absolute atomic E-state index is 13.1. The molecule has 0 saturated carbocycles. The lowest BCUT2D eigenvalue weighted by Gasteiger charge is -2.36. The minimum absolute atomic E-state index is 0.0614. The molecule has 170 valence electrons. The summed E-state index contributed by atoms with van der Waals surface area (Å²) in [5, 5.41) is 2.94. The van der Waals surface area contributed by atoms with Gasteiger partial charge < -0.3 is 15.1 Å². The van der Waals surface area contributed by atoms with Crippen molar-refractivity contribution in [2.45, 2.75) is 19.8 Å². The molecule has 1 aliphatic heterocycles. The van der Waals surface area contributed by atoms with Gasteiger partial charge in [0.15, 0.2) is 0 Å². The van der Waals surface area contributed by atoms with Crippen LogP contribution in [0.15, 0.2) is 72.8 Å². The number of halogens is 1. The van der Waals surface area contributed by atoms with Crippen LogP contribution >= 0.6 is 0 Å². The quantitative estimate of drug-likeness (QED) is 0.607. The van der Waals surface area contributed by atoms with Crippen molar-refractivity contribution >= 4 is 23.2 Å². The highest BCUT2D eigenvalue weighted by molar-refractivity contribution is 6.04. The Kier molecular flexibility index (Phi) is 7.03. The molecule has 0 atom stereocenters. The Morgan fingerprint density at radius 2 is 1.42 bits per heavy atom. The van der Waals surface area contributed by atoms with Crippen molar-refractivity contribution in [2.24, 2.45) is 0 Å². The molecule has 0 spiro atoms. The van der Waals surface area contributed by atoms with Crippen LogP contribution in [-0.2, 0) is 17.6 Å². The molecule has 1 fully saturated rings. The SMILES string of the molecule is CCc1ccc(C(=O)Nc2ccc(N3CCN(C(=O)Cc4ccc(F)cc4)CC3)cc2)cc1. The van der Waals surface area contributed by atoms with Crippen LogP contribution in [0.5, 0.6) is 0 Å². The van der Waals surface area contributed by atoms with Gasteiger partial charge in [0.2, 0.25) is 5.91 Å². The molecule has 0 radical (unpaired) electrons. The van der Waals surface area contributed by atoms with E-state index in [4.69, 9.17) is 0 Å². The number of nitrogens with zero attached hydrogens (tertiary/aromatic N) is 2. The van der Waals surface area contributed by atoms with E-state index in [0.717, 1.165) is 36.4 Å². The first kappa shape index (κ1) is 22.5. The smallest absolute Gasteiger partial charge is 0.255 e. The molecule has 33 heavy (non-hydrogen) atoms. The third-order valence-electron chi connectivity index (χ3n) is 6.02. The number of anilines is 2. The number of piperazine rings is 1. The van der Waals surface area contributed by atoms with E-state index < -0.39 is 0 Å². The van der Waals surface area contributed by atoms with E-state index in [-0.39, 0.29) is 24.1 Å². The van der Waals surface area contributed by atoms with Crippen molar-refractivity contribution in [1.82, 2.24) is 4.90 Å². The lowest BCUT2D eigenvalue weighted by molar-refractivity contribution is -0.130. The highest BCUT2D eigenvalue weighted by Gasteiger charge is 2.21. The number of nitrogens with one attached hydrogen (secondary N) is 1. The summed E-state index contributed by atoms with van der Waals surface area (Å²) >= 11 is 0. The molecule has 6 heteroatoms. The van der Waals surface area contributed by atoms with Crippen LogP contribution in [0.3, 0.4) is 0 Å². The molecule has 3 aromatic carbocycles. The third-order valence-corrected chi connectivity index (χ3v) is 6.02. The number of hydrogen-bond acceptors (Lipinski definition) is 3. The summed E-state index contributed by atoms with van der Waals surface area (Å²) in [5.41, 5.74) is 4.47. The minimum atomic E-state index is -0.295. The van der Waals surface area contributed by atoms with E-state index >= 15 is 0 Å². The fraction of sp³-hybridized carbons (Fsp3) is 0.259. The molecular formula is C27H28FN3O2. The summed E-state index contributed by atoms with van der Waals surface area (Å²) < 4.78 is 13.1. The first-order valence-corrected chi connectivity index (χ1v) is 11.3. The van der Waals surface area contributed by atoms with Gasteiger partial charge in [-0.1, -0.05) is 31.2 Å². The van der Waals surface area contributed by atoms with E-state index in [1.54, 1.807) is 12.1 Å². The molecule has 5 nitrogen and oxygen atoms in total. The number of hydrogen-bond donors (Lipinski definition) is 1. The third kappa shape index (κ3) is 5.77. The highest BCUT2D eigenvalue weighted by Crippen LogP contribution is 2.20. The van der Waals surface area contributed by atoms with Gasteiger partial charge in [-0.05, 0) is 66.1 Å². The zero-order chi connectivity index (χ0) is 23.2. The summed E-state index contributed by atoms with van der Waals surface area (Å²) in [4.78, 5) is 29.1. The molecule has 1 aliphatic rings. The van der Waals surface area contributed by atoms with Crippen LogP contribution in [0.1, 0.15) is 28.4 Å². The van der Waals surface area contributed by atoms with Gasteiger partial charge in [0.05, 0.1) is 6.42 Å². The van der Waals surface area contributed by atoms with Crippen LogP contribution in [0, 0.1) is 5.82 Å². The van der Waals surface area contributed by atoms with Gasteiger partial charge in [-0.25, -0.2) is 4.39 Å². The molecule has 0 bridgehead atoms. The van der Waals surface area contributed by atoms with Gasteiger partial charge in [0.25, 0.3) is 5.91 Å². The number of carbonyl (C=O) groups excluding carboxylic acids is 2. The molecule has 1 saturated heterocycles. The van der Waals surface area contributed by atoms with Gasteiger partial charge in [-0.15, -0.1) is 0 Å². The van der Waals surface area contributed by atoms with Crippen LogP contribution < -0.4 is 10.2 Å². The molecule has 3 aromatic rings. The molecule has 2 amide bonds. The second-order valence-electron chi connectivity index (χ2n) is 8.22. The second kappa shape index (κ2) is 10.3. The Bertz CT molecular complexity index is 1090. The Morgan fingerprint density at radius 3 is 2.03 bits per heavy atom. The van der Waals surface area contributed by atoms with E-state index in [9.17, 15) is 14.0 Å². The van der Waals surface area contributed by atoms with Gasteiger partial charge in [-0.3, -0.25) is 9.59 Å². The fourth-order valence-electron chi connectivity index (χ4n) is 3.95. The summed E-state index contributed by atoms with van der Waals surface area (Å²) in [6.07, 6.45) is 1.23. The van der Waals surface area contributed by atoms with Crippen LogP contribution in [-0.4, -0.2) is 42.9 Å². The maximum atomic E-state index is 13.1. The van der Waals surface area contributed by atoms with Gasteiger partial charge in [0, 0.05) is 43.1 Å². The minimum Gasteiger partial charge on any atom is -0.368 e. The summed E-state index contributed by atoms with van der Waals surface area (Å²) in [7, 11) is 0. The Balaban J connectivity index is 1.28. The maximum Gasteiger partial charge on any atom is 0.255 e. The van der Waals surface area contributed by atoms with Crippen molar-refractivity contribution in [1.29, 1.82) is 0 Å². The van der Waals surface area contributed by atoms with Gasteiger partial charge >= 0.3 is 0 Å². The summed E-state index contributed by atoms with van der Waals surface area (Å²) in [6, 6.07) is 21.5. The normalized spacial score (nSPS) is 13.6. The average Bonchev–Trinajstić information content (AvgIpc) is 2.86. The molecule has 0 aromatic heterocycles. The zero-order valence-corrected chi connectivity index (χ0v) is 18.8. The molecule has 0 aliphatic carbocycles. The molecule has 1 N–H and O–H groups in total. The topological polar surface area (TPSA) is 52.7 Å². The lowest BCUT2D eigenvalue weighted by atomic mass is 10.1. The number of rotatable bonds is 6. The van der Waals surface area contributed by atoms with Crippen LogP contribution in [0.2, 0.25) is 0 Å². The number of aryl methyl sites for hydroxylation is 1. The van der Waals surface area contributed by atoms with Crippen molar-refractivity contribution in [3.05, 3.63) is 95.3 Å². The predicted molar refractivity (Wildman–Crippen MR) is 129 cm³/mol. The lowest BCUT2D eigenvalue weighted by Crippen LogP contribution is -2.49. The van der Waals surface area contributed by atoms with Crippen LogP contribution in [0.25, 0.3) is 0 Å². The molecule has 0 unspecified atom stereocenters. The Hall–Kier alpha value is -3.67. The highest BCUT2D eigenvalue weighted by atomic mass is 19.1. The monoisotopic (exact) mass is 445 g/mol. The van der Waals surface area contributed by atoms with Crippen molar-refractivity contribution < 1.29 is 14.0 Å². The molecular weight excluding hydrogens is 417 g/mol. The molecule has 4 rings (SSSR count). The fourth-order valence-corrected chi connectivity index (χ4v) is 3.95. The Labute approximate surface area is 193 Å². The van der Waals surface area contributed by atoms with Gasteiger partial charge in [0.1, 0.15) is 5.82 Å². The van der Waals surface area contributed by atoms with Crippen LogP contribution in [0.4, 0.5) is 15.8 Å². The van der Waals surface area contributed by atoms with E-state index in [1.807, 2.05) is 53.4 Å². The number of amides is 2. The number of carbonyl (C=O) groups is 2. The average molecular weight is 446 g/mol. The second-order valence-corrected chi connectivity index (χ2v) is 8.22. The standard InChI is InChI=1S/C27H28FN3O2/c1-2-20-3-7-22(8-4-20)27(33)29-24-11-13-25(14-12-24)30-15-17-31(18-16-30)26(32)19-21-5-9-23(28)10-6-21/h3-14H,2,15-19H2,1H3,(H,29,33). The van der Waals surface area contributed by atoms with Crippen molar-refractivity contribution in [3.8, 4) is 0 Å². The van der Waals surface area contributed by atoms with Crippen molar-refractivity contribution in [3.63, 3.8) is 0 Å². The summed E-state index contributed by atoms with van der Waals surface area (Å²) in [5.74, 6) is -0.360. The van der Waals surface area contributed by atoms with Crippen molar-refractivity contribution in [2.75, 3.05) is 36.4 Å². The van der Waals surface area contributed by atoms with Gasteiger partial charge in [-0.2, -0.15) is 0 Å². The summed E-state index contributed by atoms with van der Waals surface area (Å²) in [6.45, 7) is 4.86. The number of benzene rings is 3. The van der Waals surface area contributed by atoms with E-state index in [2.05, 4.69) is 17.1 Å². The molecule has 1 heterocycles.